The van der Waals surface area contributed by atoms with Crippen molar-refractivity contribution in [2.75, 3.05) is 5.75 Å². The molecular weight excluding hydrogens is 435 g/mol. The van der Waals surface area contributed by atoms with Gasteiger partial charge in [-0.2, -0.15) is 13.2 Å². The second-order valence-electron chi connectivity index (χ2n) is 6.43. The van der Waals surface area contributed by atoms with Crippen molar-refractivity contribution in [3.8, 4) is 5.75 Å². The molecule has 0 bridgehead atoms. The highest BCUT2D eigenvalue weighted by molar-refractivity contribution is 7.91. The summed E-state index contributed by atoms with van der Waals surface area (Å²) in [5.74, 6) is -5.87. The highest BCUT2D eigenvalue weighted by Gasteiger charge is 2.37. The molecule has 0 N–H and O–H groups in total. The summed E-state index contributed by atoms with van der Waals surface area (Å²) in [6, 6.07) is 5.89. The van der Waals surface area contributed by atoms with Crippen molar-refractivity contribution in [2.45, 2.75) is 24.1 Å². The maximum Gasteiger partial charge on any atom is 0.403 e. The molecule has 30 heavy (non-hydrogen) atoms. The number of carbonyl (C=O) groups excluding carboxylic acids is 1. The first kappa shape index (κ1) is 21.8. The number of benzene rings is 2. The summed E-state index contributed by atoms with van der Waals surface area (Å²) < 4.78 is 98.3. The van der Waals surface area contributed by atoms with Crippen molar-refractivity contribution in [1.29, 1.82) is 0 Å². The summed E-state index contributed by atoms with van der Waals surface area (Å²) in [6.07, 6.45) is -4.90. The molecular formula is C19H13F5O5S. The van der Waals surface area contributed by atoms with Gasteiger partial charge in [0.1, 0.15) is 11.9 Å². The standard InChI is InChI=1S/C19H13F5O5S/c1-10-2-4-12(30(26,27)9-19(22,23)24)7-13(10)16-8-17(18(25)29-16)28-11-3-5-14(20)15(21)6-11/h2-8,16H,9H2,1H3. The third-order valence-corrected chi connectivity index (χ3v) is 5.81. The molecule has 11 heteroatoms. The molecule has 0 saturated carbocycles. The van der Waals surface area contributed by atoms with Crippen LogP contribution in [0.2, 0.25) is 0 Å². The van der Waals surface area contributed by atoms with Gasteiger partial charge in [-0.1, -0.05) is 6.07 Å². The average molecular weight is 448 g/mol. The fourth-order valence-corrected chi connectivity index (χ4v) is 3.91. The van der Waals surface area contributed by atoms with Crippen molar-refractivity contribution in [2.24, 2.45) is 0 Å². The lowest BCUT2D eigenvalue weighted by atomic mass is 10.0. The van der Waals surface area contributed by atoms with Gasteiger partial charge in [0, 0.05) is 17.7 Å². The Kier molecular flexibility index (Phi) is 5.59. The molecule has 2 aromatic carbocycles. The van der Waals surface area contributed by atoms with E-state index in [1.54, 1.807) is 6.92 Å². The van der Waals surface area contributed by atoms with Crippen LogP contribution in [0.5, 0.6) is 5.75 Å². The molecule has 160 valence electrons. The lowest BCUT2D eigenvalue weighted by molar-refractivity contribution is -0.141. The zero-order valence-electron chi connectivity index (χ0n) is 15.2. The number of carbonyl (C=O) groups is 1. The molecule has 0 fully saturated rings. The van der Waals surface area contributed by atoms with Gasteiger partial charge < -0.3 is 9.47 Å². The van der Waals surface area contributed by atoms with Crippen LogP contribution in [0.1, 0.15) is 17.2 Å². The van der Waals surface area contributed by atoms with Crippen LogP contribution in [0.4, 0.5) is 22.0 Å². The molecule has 2 aromatic rings. The average Bonchev–Trinajstić information content (AvgIpc) is 2.96. The summed E-state index contributed by atoms with van der Waals surface area (Å²) in [4.78, 5) is 11.5. The summed E-state index contributed by atoms with van der Waals surface area (Å²) in [6.45, 7) is 1.55. The number of alkyl halides is 3. The third-order valence-electron chi connectivity index (χ3n) is 4.13. The first-order valence-electron chi connectivity index (χ1n) is 8.31. The van der Waals surface area contributed by atoms with Gasteiger partial charge in [0.25, 0.3) is 0 Å². The summed E-state index contributed by atoms with van der Waals surface area (Å²) in [5.41, 5.74) is 0.583. The molecule has 0 radical (unpaired) electrons. The number of rotatable bonds is 5. The molecule has 5 nitrogen and oxygen atoms in total. The molecule has 0 aromatic heterocycles. The van der Waals surface area contributed by atoms with Gasteiger partial charge in [0.2, 0.25) is 5.76 Å². The predicted molar refractivity (Wildman–Crippen MR) is 93.2 cm³/mol. The molecule has 1 aliphatic heterocycles. The number of ether oxygens (including phenoxy) is 2. The Hall–Kier alpha value is -2.95. The fourth-order valence-electron chi connectivity index (χ4n) is 2.73. The molecule has 0 amide bonds. The Morgan fingerprint density at radius 1 is 1.07 bits per heavy atom. The van der Waals surface area contributed by atoms with E-state index in [0.29, 0.717) is 11.6 Å². The van der Waals surface area contributed by atoms with E-state index in [-0.39, 0.29) is 17.1 Å². The van der Waals surface area contributed by atoms with Crippen molar-refractivity contribution >= 4 is 15.8 Å². The van der Waals surface area contributed by atoms with Gasteiger partial charge in [-0.3, -0.25) is 0 Å². The van der Waals surface area contributed by atoms with Crippen LogP contribution in [-0.4, -0.2) is 26.3 Å². The lowest BCUT2D eigenvalue weighted by Crippen LogP contribution is -2.23. The topological polar surface area (TPSA) is 69.7 Å². The summed E-state index contributed by atoms with van der Waals surface area (Å²) >= 11 is 0. The van der Waals surface area contributed by atoms with Crippen molar-refractivity contribution in [3.05, 3.63) is 71.0 Å². The second kappa shape index (κ2) is 7.71. The van der Waals surface area contributed by atoms with E-state index >= 15 is 0 Å². The van der Waals surface area contributed by atoms with Crippen LogP contribution in [0.15, 0.2) is 53.1 Å². The van der Waals surface area contributed by atoms with Crippen molar-refractivity contribution < 1.29 is 44.6 Å². The number of aryl methyl sites for hydroxylation is 1. The molecule has 0 saturated heterocycles. The predicted octanol–water partition coefficient (Wildman–Crippen LogP) is 4.17. The molecule has 0 aliphatic carbocycles. The van der Waals surface area contributed by atoms with Gasteiger partial charge in [0.15, 0.2) is 27.2 Å². The van der Waals surface area contributed by atoms with Crippen LogP contribution in [0.25, 0.3) is 0 Å². The molecule has 1 aliphatic rings. The van der Waals surface area contributed by atoms with Crippen molar-refractivity contribution in [3.63, 3.8) is 0 Å². The highest BCUT2D eigenvalue weighted by atomic mass is 32.2. The molecule has 0 spiro atoms. The number of esters is 1. The zero-order chi connectivity index (χ0) is 22.3. The SMILES string of the molecule is Cc1ccc(S(=O)(=O)CC(F)(F)F)cc1C1C=C(Oc2ccc(F)c(F)c2)C(=O)O1. The number of halogens is 5. The van der Waals surface area contributed by atoms with Crippen LogP contribution in [-0.2, 0) is 19.4 Å². The Morgan fingerprint density at radius 2 is 1.77 bits per heavy atom. The minimum atomic E-state index is -4.92. The highest BCUT2D eigenvalue weighted by Crippen LogP contribution is 2.33. The van der Waals surface area contributed by atoms with Gasteiger partial charge in [0.05, 0.1) is 4.90 Å². The van der Waals surface area contributed by atoms with E-state index in [4.69, 9.17) is 9.47 Å². The molecule has 1 unspecified atom stereocenters. The minimum Gasteiger partial charge on any atom is -0.450 e. The maximum atomic E-state index is 13.3. The Labute approximate surface area is 167 Å². The second-order valence-corrected chi connectivity index (χ2v) is 8.42. The lowest BCUT2D eigenvalue weighted by Gasteiger charge is -2.14. The van der Waals surface area contributed by atoms with E-state index < -0.39 is 50.4 Å². The van der Waals surface area contributed by atoms with Crippen LogP contribution in [0.3, 0.4) is 0 Å². The van der Waals surface area contributed by atoms with Crippen LogP contribution >= 0.6 is 0 Å². The molecule has 1 heterocycles. The van der Waals surface area contributed by atoms with Gasteiger partial charge in [-0.05, 0) is 36.8 Å². The smallest absolute Gasteiger partial charge is 0.403 e. The first-order chi connectivity index (χ1) is 13.9. The number of cyclic esters (lactones) is 1. The number of hydrogen-bond acceptors (Lipinski definition) is 5. The van der Waals surface area contributed by atoms with Gasteiger partial charge in [-0.25, -0.2) is 22.0 Å². The zero-order valence-corrected chi connectivity index (χ0v) is 16.0. The van der Waals surface area contributed by atoms with E-state index in [2.05, 4.69) is 0 Å². The fraction of sp³-hybridized carbons (Fsp3) is 0.211. The van der Waals surface area contributed by atoms with Gasteiger partial charge >= 0.3 is 12.1 Å². The minimum absolute atomic E-state index is 0.135. The van der Waals surface area contributed by atoms with Crippen molar-refractivity contribution in [1.82, 2.24) is 0 Å². The number of sulfone groups is 1. The van der Waals surface area contributed by atoms with Crippen LogP contribution in [0, 0.1) is 18.6 Å². The summed E-state index contributed by atoms with van der Waals surface area (Å²) in [7, 11) is -4.67. The quantitative estimate of drug-likeness (QED) is 0.507. The largest absolute Gasteiger partial charge is 0.450 e. The van der Waals surface area contributed by atoms with Gasteiger partial charge in [-0.15, -0.1) is 0 Å². The Morgan fingerprint density at radius 3 is 2.40 bits per heavy atom. The van der Waals surface area contributed by atoms with E-state index in [0.717, 1.165) is 30.3 Å². The van der Waals surface area contributed by atoms with Crippen LogP contribution < -0.4 is 4.74 Å². The summed E-state index contributed by atoms with van der Waals surface area (Å²) in [5, 5.41) is 0. The third kappa shape index (κ3) is 4.78. The number of hydrogen-bond donors (Lipinski definition) is 0. The Bertz CT molecular complexity index is 1140. The monoisotopic (exact) mass is 448 g/mol. The first-order valence-corrected chi connectivity index (χ1v) is 9.97. The van der Waals surface area contributed by atoms with E-state index in [1.165, 1.54) is 6.07 Å². The maximum absolute atomic E-state index is 13.3. The van der Waals surface area contributed by atoms with E-state index in [9.17, 15) is 35.2 Å². The molecule has 1 atom stereocenters. The normalized spacial score (nSPS) is 16.9. The Balaban J connectivity index is 1.90. The van der Waals surface area contributed by atoms with E-state index in [1.807, 2.05) is 0 Å². The molecule has 3 rings (SSSR count).